The van der Waals surface area contributed by atoms with E-state index >= 15 is 0 Å². The van der Waals surface area contributed by atoms with E-state index in [1.54, 1.807) is 18.2 Å². The molecule has 0 saturated carbocycles. The quantitative estimate of drug-likeness (QED) is 0.409. The molecule has 4 rings (SSSR count). The monoisotopic (exact) mass is 463 g/mol. The predicted octanol–water partition coefficient (Wildman–Crippen LogP) is 2.05. The van der Waals surface area contributed by atoms with Crippen LogP contribution >= 0.6 is 0 Å². The summed E-state index contributed by atoms with van der Waals surface area (Å²) in [6.07, 6.45) is 5.77. The molecule has 1 amide bonds. The number of anilines is 1. The van der Waals surface area contributed by atoms with E-state index in [1.165, 1.54) is 18.5 Å². The summed E-state index contributed by atoms with van der Waals surface area (Å²) in [6.45, 7) is 2.14. The minimum atomic E-state index is -0.319. The number of H-pyrrole nitrogens is 1. The lowest BCUT2D eigenvalue weighted by atomic mass is 10.2. The topological polar surface area (TPSA) is 99.3 Å². The van der Waals surface area contributed by atoms with E-state index < -0.39 is 0 Å². The van der Waals surface area contributed by atoms with Gasteiger partial charge in [-0.25, -0.2) is 19.3 Å². The van der Waals surface area contributed by atoms with Crippen molar-refractivity contribution in [3.63, 3.8) is 0 Å². The zero-order chi connectivity index (χ0) is 23.9. The molecule has 10 heteroatoms. The number of aromatic nitrogens is 4. The molecule has 2 N–H and O–H groups in total. The van der Waals surface area contributed by atoms with Crippen molar-refractivity contribution in [3.05, 3.63) is 54.4 Å². The number of benzene rings is 1. The first kappa shape index (κ1) is 23.2. The Bertz CT molecular complexity index is 1230. The van der Waals surface area contributed by atoms with E-state index in [0.29, 0.717) is 41.6 Å². The number of fused-ring (bicyclic) bond motifs is 1. The highest BCUT2D eigenvalue weighted by Gasteiger charge is 2.26. The van der Waals surface area contributed by atoms with Gasteiger partial charge in [-0.15, -0.1) is 0 Å². The lowest BCUT2D eigenvalue weighted by molar-refractivity contribution is -0.125. The SMILES string of the molecule is CN(C)C/C=C/C(=O)N1CCC(Nc2ncnc3nc(C#CCOc4ccc(F)cc4)[nH]c23)C1. The third-order valence-electron chi connectivity index (χ3n) is 5.19. The van der Waals surface area contributed by atoms with E-state index in [4.69, 9.17) is 4.74 Å². The zero-order valence-electron chi connectivity index (χ0n) is 19.1. The van der Waals surface area contributed by atoms with E-state index in [2.05, 4.69) is 37.1 Å². The van der Waals surface area contributed by atoms with Gasteiger partial charge in [0.15, 0.2) is 17.3 Å². The third-order valence-corrected chi connectivity index (χ3v) is 5.19. The Morgan fingerprint density at radius 1 is 1.35 bits per heavy atom. The molecule has 3 aromatic rings. The van der Waals surface area contributed by atoms with E-state index in [1.807, 2.05) is 30.0 Å². The van der Waals surface area contributed by atoms with E-state index in [-0.39, 0.29) is 24.4 Å². The minimum absolute atomic E-state index is 0.0148. The van der Waals surface area contributed by atoms with Crippen molar-refractivity contribution >= 4 is 22.9 Å². The number of aromatic amines is 1. The fourth-order valence-corrected chi connectivity index (χ4v) is 3.51. The summed E-state index contributed by atoms with van der Waals surface area (Å²) in [5.74, 6) is 7.08. The Hall–Kier alpha value is -3.97. The number of amides is 1. The summed E-state index contributed by atoms with van der Waals surface area (Å²) in [6, 6.07) is 5.83. The molecule has 0 aliphatic carbocycles. The first-order valence-corrected chi connectivity index (χ1v) is 10.9. The van der Waals surface area contributed by atoms with Crippen LogP contribution in [0.2, 0.25) is 0 Å². The van der Waals surface area contributed by atoms with Crippen LogP contribution in [0.1, 0.15) is 12.2 Å². The number of imidazole rings is 1. The number of likely N-dealkylation sites (N-methyl/N-ethyl adjacent to an activating group) is 1. The second kappa shape index (κ2) is 10.8. The van der Waals surface area contributed by atoms with Gasteiger partial charge in [-0.1, -0.05) is 12.0 Å². The van der Waals surface area contributed by atoms with Crippen LogP contribution in [-0.2, 0) is 4.79 Å². The number of ether oxygens (including phenoxy) is 1. The average molecular weight is 464 g/mol. The molecule has 0 spiro atoms. The van der Waals surface area contributed by atoms with Gasteiger partial charge in [-0.2, -0.15) is 0 Å². The zero-order valence-corrected chi connectivity index (χ0v) is 19.1. The van der Waals surface area contributed by atoms with Gasteiger partial charge in [0.25, 0.3) is 0 Å². The van der Waals surface area contributed by atoms with Crippen LogP contribution in [0.25, 0.3) is 11.2 Å². The highest BCUT2D eigenvalue weighted by atomic mass is 19.1. The number of hydrogen-bond donors (Lipinski definition) is 2. The van der Waals surface area contributed by atoms with Crippen LogP contribution in [0, 0.1) is 17.7 Å². The van der Waals surface area contributed by atoms with Crippen molar-refractivity contribution < 1.29 is 13.9 Å². The molecule has 1 aliphatic heterocycles. The summed E-state index contributed by atoms with van der Waals surface area (Å²) in [5.41, 5.74) is 1.15. The van der Waals surface area contributed by atoms with Crippen molar-refractivity contribution in [2.75, 3.05) is 45.7 Å². The van der Waals surface area contributed by atoms with Gasteiger partial charge in [0.1, 0.15) is 30.0 Å². The van der Waals surface area contributed by atoms with Gasteiger partial charge in [0.2, 0.25) is 5.91 Å². The number of halogens is 1. The largest absolute Gasteiger partial charge is 0.481 e. The maximum absolute atomic E-state index is 12.9. The molecule has 2 aromatic heterocycles. The van der Waals surface area contributed by atoms with Crippen molar-refractivity contribution in [3.8, 4) is 17.6 Å². The number of hydrogen-bond acceptors (Lipinski definition) is 7. The molecule has 1 unspecified atom stereocenters. The molecule has 34 heavy (non-hydrogen) atoms. The molecular formula is C24H26FN7O2. The fraction of sp³-hybridized carbons (Fsp3) is 0.333. The number of carbonyl (C=O) groups excluding carboxylic acids is 1. The first-order chi connectivity index (χ1) is 16.5. The molecule has 1 atom stereocenters. The lowest BCUT2D eigenvalue weighted by Crippen LogP contribution is -2.30. The third kappa shape index (κ3) is 6.08. The summed E-state index contributed by atoms with van der Waals surface area (Å²) < 4.78 is 18.4. The maximum atomic E-state index is 12.9. The number of likely N-dealkylation sites (tertiary alicyclic amines) is 1. The Kier molecular flexibility index (Phi) is 7.34. The van der Waals surface area contributed by atoms with Crippen LogP contribution < -0.4 is 10.1 Å². The van der Waals surface area contributed by atoms with Crippen LogP contribution in [0.4, 0.5) is 10.2 Å². The van der Waals surface area contributed by atoms with Crippen LogP contribution in [0.3, 0.4) is 0 Å². The summed E-state index contributed by atoms with van der Waals surface area (Å²) in [5, 5.41) is 3.40. The molecule has 3 heterocycles. The Labute approximate surface area is 197 Å². The summed E-state index contributed by atoms with van der Waals surface area (Å²) in [4.78, 5) is 32.3. The molecule has 1 aromatic carbocycles. The fourth-order valence-electron chi connectivity index (χ4n) is 3.51. The van der Waals surface area contributed by atoms with Gasteiger partial charge in [0, 0.05) is 31.8 Å². The number of rotatable bonds is 7. The molecule has 1 saturated heterocycles. The molecule has 0 radical (unpaired) electrons. The second-order valence-corrected chi connectivity index (χ2v) is 8.13. The molecule has 0 bridgehead atoms. The Morgan fingerprint density at radius 3 is 2.97 bits per heavy atom. The predicted molar refractivity (Wildman–Crippen MR) is 127 cm³/mol. The number of nitrogens with one attached hydrogen (secondary N) is 2. The van der Waals surface area contributed by atoms with Crippen molar-refractivity contribution in [2.45, 2.75) is 12.5 Å². The second-order valence-electron chi connectivity index (χ2n) is 8.13. The number of carbonyl (C=O) groups is 1. The van der Waals surface area contributed by atoms with Gasteiger partial charge in [-0.3, -0.25) is 4.79 Å². The molecule has 1 aliphatic rings. The highest BCUT2D eigenvalue weighted by Crippen LogP contribution is 2.20. The summed E-state index contributed by atoms with van der Waals surface area (Å²) >= 11 is 0. The van der Waals surface area contributed by atoms with Crippen molar-refractivity contribution in [1.82, 2.24) is 29.7 Å². The van der Waals surface area contributed by atoms with Gasteiger partial charge >= 0.3 is 0 Å². The smallest absolute Gasteiger partial charge is 0.246 e. The van der Waals surface area contributed by atoms with E-state index in [0.717, 1.165) is 13.0 Å². The standard InChI is InChI=1S/C24H26FN7O2/c1-31(2)12-3-6-21(33)32-13-11-18(15-32)28-23-22-24(27-16-26-23)30-20(29-22)5-4-14-34-19-9-7-17(25)8-10-19/h3,6-10,16,18H,11-15H2,1-2H3,(H2,26,27,28,29,30)/b6-3+. The van der Waals surface area contributed by atoms with E-state index in [9.17, 15) is 9.18 Å². The summed E-state index contributed by atoms with van der Waals surface area (Å²) in [7, 11) is 3.92. The Morgan fingerprint density at radius 2 is 2.18 bits per heavy atom. The molecule has 9 nitrogen and oxygen atoms in total. The normalized spacial score (nSPS) is 15.6. The molecular weight excluding hydrogens is 437 g/mol. The van der Waals surface area contributed by atoms with Crippen LogP contribution in [0.15, 0.2) is 42.7 Å². The van der Waals surface area contributed by atoms with Gasteiger partial charge < -0.3 is 24.8 Å². The van der Waals surface area contributed by atoms with Crippen LogP contribution in [-0.4, -0.2) is 82.0 Å². The number of nitrogens with zero attached hydrogens (tertiary/aromatic N) is 5. The minimum Gasteiger partial charge on any atom is -0.481 e. The van der Waals surface area contributed by atoms with Crippen molar-refractivity contribution in [2.24, 2.45) is 0 Å². The van der Waals surface area contributed by atoms with Gasteiger partial charge in [0.05, 0.1) is 0 Å². The Balaban J connectivity index is 1.36. The van der Waals surface area contributed by atoms with Crippen LogP contribution in [0.5, 0.6) is 5.75 Å². The highest BCUT2D eigenvalue weighted by molar-refractivity contribution is 5.88. The van der Waals surface area contributed by atoms with Gasteiger partial charge in [-0.05, 0) is 50.7 Å². The first-order valence-electron chi connectivity index (χ1n) is 10.9. The average Bonchev–Trinajstić information content (AvgIpc) is 3.45. The van der Waals surface area contributed by atoms with Crippen molar-refractivity contribution in [1.29, 1.82) is 0 Å². The molecule has 176 valence electrons. The maximum Gasteiger partial charge on any atom is 0.246 e. The molecule has 1 fully saturated rings. The lowest BCUT2D eigenvalue weighted by Gasteiger charge is -2.16.